The van der Waals surface area contributed by atoms with E-state index in [1.165, 1.54) is 0 Å². The molecule has 168 valence electrons. The fraction of sp³-hybridized carbons (Fsp3) is 0.480. The number of amides is 1. The van der Waals surface area contributed by atoms with Crippen LogP contribution in [-0.2, 0) is 11.3 Å². The number of anilines is 1. The molecule has 6 nitrogen and oxygen atoms in total. The van der Waals surface area contributed by atoms with Gasteiger partial charge in [-0.25, -0.2) is 0 Å². The molecule has 31 heavy (non-hydrogen) atoms. The maximum atomic E-state index is 13.5. The van der Waals surface area contributed by atoms with E-state index >= 15 is 0 Å². The lowest BCUT2D eigenvalue weighted by Gasteiger charge is -2.26. The summed E-state index contributed by atoms with van der Waals surface area (Å²) in [5, 5.41) is 0. The van der Waals surface area contributed by atoms with Crippen LogP contribution in [0.5, 0.6) is 11.5 Å². The Kier molecular flexibility index (Phi) is 7.80. The summed E-state index contributed by atoms with van der Waals surface area (Å²) in [5.74, 6) is 1.16. The Bertz CT molecular complexity index is 858. The highest BCUT2D eigenvalue weighted by molar-refractivity contribution is 5.95. The maximum absolute atomic E-state index is 13.5. The predicted molar refractivity (Wildman–Crippen MR) is 123 cm³/mol. The molecular weight excluding hydrogens is 392 g/mol. The van der Waals surface area contributed by atoms with E-state index in [-0.39, 0.29) is 18.1 Å². The third-order valence-electron chi connectivity index (χ3n) is 5.33. The molecule has 1 aliphatic rings. The monoisotopic (exact) mass is 426 g/mol. The van der Waals surface area contributed by atoms with Gasteiger partial charge >= 0.3 is 0 Å². The minimum absolute atomic E-state index is 0.0246. The first kappa shape index (κ1) is 22.9. The van der Waals surface area contributed by atoms with Crippen LogP contribution in [0.2, 0.25) is 0 Å². The molecule has 1 heterocycles. The van der Waals surface area contributed by atoms with Gasteiger partial charge in [-0.15, -0.1) is 0 Å². The number of nitrogens with zero attached hydrogens (tertiary/aromatic N) is 2. The molecule has 1 aliphatic heterocycles. The second kappa shape index (κ2) is 10.5. The van der Waals surface area contributed by atoms with Crippen molar-refractivity contribution in [3.63, 3.8) is 0 Å². The number of benzene rings is 2. The summed E-state index contributed by atoms with van der Waals surface area (Å²) in [6, 6.07) is 13.7. The van der Waals surface area contributed by atoms with Gasteiger partial charge in [-0.3, -0.25) is 4.79 Å². The van der Waals surface area contributed by atoms with E-state index in [4.69, 9.17) is 14.2 Å². The smallest absolute Gasteiger partial charge is 0.254 e. The molecule has 1 saturated heterocycles. The predicted octanol–water partition coefficient (Wildman–Crippen LogP) is 4.37. The first-order valence-corrected chi connectivity index (χ1v) is 10.9. The molecule has 1 fully saturated rings. The van der Waals surface area contributed by atoms with Crippen LogP contribution in [0.15, 0.2) is 42.5 Å². The third kappa shape index (κ3) is 6.14. The molecule has 1 unspecified atom stereocenters. The zero-order chi connectivity index (χ0) is 22.4. The van der Waals surface area contributed by atoms with Crippen molar-refractivity contribution < 1.29 is 19.0 Å². The second-order valence-corrected chi connectivity index (χ2v) is 8.41. The lowest BCUT2D eigenvalue weighted by Crippen LogP contribution is -2.37. The van der Waals surface area contributed by atoms with Crippen molar-refractivity contribution in [3.8, 4) is 11.5 Å². The van der Waals surface area contributed by atoms with Crippen LogP contribution in [0.25, 0.3) is 0 Å². The highest BCUT2D eigenvalue weighted by atomic mass is 16.5. The molecule has 3 rings (SSSR count). The van der Waals surface area contributed by atoms with Gasteiger partial charge in [0, 0.05) is 45.0 Å². The molecule has 0 spiro atoms. The van der Waals surface area contributed by atoms with Gasteiger partial charge in [0.25, 0.3) is 5.91 Å². The number of rotatable bonds is 9. The minimum atomic E-state index is -0.0402. The fourth-order valence-electron chi connectivity index (χ4n) is 3.71. The van der Waals surface area contributed by atoms with Crippen molar-refractivity contribution in [3.05, 3.63) is 53.6 Å². The Hall–Kier alpha value is -2.73. The Balaban J connectivity index is 1.83. The van der Waals surface area contributed by atoms with Gasteiger partial charge in [-0.05, 0) is 62.6 Å². The van der Waals surface area contributed by atoms with Gasteiger partial charge < -0.3 is 24.0 Å². The molecule has 0 N–H and O–H groups in total. The van der Waals surface area contributed by atoms with E-state index in [0.717, 1.165) is 30.7 Å². The molecule has 0 radical (unpaired) electrons. The number of carbonyl (C=O) groups is 1. The fourth-order valence-corrected chi connectivity index (χ4v) is 3.71. The first-order chi connectivity index (χ1) is 14.9. The van der Waals surface area contributed by atoms with Crippen molar-refractivity contribution in [1.82, 2.24) is 4.90 Å². The van der Waals surface area contributed by atoms with Crippen LogP contribution >= 0.6 is 0 Å². The van der Waals surface area contributed by atoms with Gasteiger partial charge in [0.05, 0.1) is 19.3 Å². The largest absolute Gasteiger partial charge is 0.493 e. The summed E-state index contributed by atoms with van der Waals surface area (Å²) in [6.07, 6.45) is 2.12. The van der Waals surface area contributed by atoms with Crippen LogP contribution in [0.4, 0.5) is 5.69 Å². The van der Waals surface area contributed by atoms with Gasteiger partial charge in [0.15, 0.2) is 11.5 Å². The van der Waals surface area contributed by atoms with E-state index in [1.54, 1.807) is 19.2 Å². The zero-order valence-electron chi connectivity index (χ0n) is 19.3. The molecule has 0 aromatic heterocycles. The van der Waals surface area contributed by atoms with Gasteiger partial charge in [-0.2, -0.15) is 0 Å². The van der Waals surface area contributed by atoms with Crippen LogP contribution in [0.1, 0.15) is 42.6 Å². The number of ether oxygens (including phenoxy) is 3. The summed E-state index contributed by atoms with van der Waals surface area (Å²) >= 11 is 0. The van der Waals surface area contributed by atoms with E-state index in [1.807, 2.05) is 38.9 Å². The van der Waals surface area contributed by atoms with E-state index in [9.17, 15) is 4.79 Å². The highest BCUT2D eigenvalue weighted by Crippen LogP contribution is 2.30. The molecule has 0 aliphatic carbocycles. The van der Waals surface area contributed by atoms with Crippen LogP contribution in [0, 0.1) is 0 Å². The Morgan fingerprint density at radius 2 is 1.87 bits per heavy atom. The molecule has 0 bridgehead atoms. The molecule has 1 amide bonds. The number of hydrogen-bond donors (Lipinski definition) is 0. The summed E-state index contributed by atoms with van der Waals surface area (Å²) < 4.78 is 17.1. The minimum Gasteiger partial charge on any atom is -0.493 e. The number of carbonyl (C=O) groups excluding carboxylic acids is 1. The standard InChI is InChI=1S/C25H34N2O4/c1-18(2)31-23-13-10-20(15-24(23)29-5)25(28)27(17-22-7-6-14-30-22)16-19-8-11-21(12-9-19)26(3)4/h8-13,15,18,22H,6-7,14,16-17H2,1-5H3. The first-order valence-electron chi connectivity index (χ1n) is 10.9. The second-order valence-electron chi connectivity index (χ2n) is 8.41. The normalized spacial score (nSPS) is 15.7. The lowest BCUT2D eigenvalue weighted by atomic mass is 10.1. The maximum Gasteiger partial charge on any atom is 0.254 e. The lowest BCUT2D eigenvalue weighted by molar-refractivity contribution is 0.0507. The summed E-state index contributed by atoms with van der Waals surface area (Å²) in [4.78, 5) is 17.4. The molecule has 1 atom stereocenters. The molecule has 2 aromatic rings. The quantitative estimate of drug-likeness (QED) is 0.596. The van der Waals surface area contributed by atoms with E-state index in [0.29, 0.717) is 30.2 Å². The summed E-state index contributed by atoms with van der Waals surface area (Å²) in [7, 11) is 5.62. The van der Waals surface area contributed by atoms with E-state index in [2.05, 4.69) is 29.2 Å². The Morgan fingerprint density at radius 1 is 1.13 bits per heavy atom. The Morgan fingerprint density at radius 3 is 2.45 bits per heavy atom. The average Bonchev–Trinajstić information content (AvgIpc) is 3.26. The van der Waals surface area contributed by atoms with Crippen molar-refractivity contribution in [2.75, 3.05) is 39.3 Å². The van der Waals surface area contributed by atoms with Gasteiger partial charge in [0.1, 0.15) is 0 Å². The van der Waals surface area contributed by atoms with Crippen molar-refractivity contribution in [2.24, 2.45) is 0 Å². The molecule has 0 saturated carbocycles. The number of hydrogen-bond acceptors (Lipinski definition) is 5. The number of methoxy groups -OCH3 is 1. The SMILES string of the molecule is COc1cc(C(=O)N(Cc2ccc(N(C)C)cc2)CC2CCCO2)ccc1OC(C)C. The topological polar surface area (TPSA) is 51.2 Å². The van der Waals surface area contributed by atoms with Crippen molar-refractivity contribution in [1.29, 1.82) is 0 Å². The van der Waals surface area contributed by atoms with Crippen LogP contribution in [0.3, 0.4) is 0 Å². The third-order valence-corrected chi connectivity index (χ3v) is 5.33. The van der Waals surface area contributed by atoms with Crippen molar-refractivity contribution in [2.45, 2.75) is 45.4 Å². The van der Waals surface area contributed by atoms with Crippen LogP contribution < -0.4 is 14.4 Å². The average molecular weight is 427 g/mol. The highest BCUT2D eigenvalue weighted by Gasteiger charge is 2.24. The van der Waals surface area contributed by atoms with Gasteiger partial charge in [-0.1, -0.05) is 12.1 Å². The zero-order valence-corrected chi connectivity index (χ0v) is 19.3. The van der Waals surface area contributed by atoms with Crippen molar-refractivity contribution >= 4 is 11.6 Å². The van der Waals surface area contributed by atoms with E-state index < -0.39 is 0 Å². The molecule has 2 aromatic carbocycles. The summed E-state index contributed by atoms with van der Waals surface area (Å²) in [5.41, 5.74) is 2.80. The molecular formula is C25H34N2O4. The Labute approximate surface area is 185 Å². The van der Waals surface area contributed by atoms with Gasteiger partial charge in [0.2, 0.25) is 0 Å². The van der Waals surface area contributed by atoms with Crippen LogP contribution in [-0.4, -0.2) is 57.4 Å². The molecule has 6 heteroatoms. The summed E-state index contributed by atoms with van der Waals surface area (Å²) in [6.45, 7) is 5.78.